The monoisotopic (exact) mass is 286 g/mol. The SMILES string of the molecule is CN1CCC(CNCc2cc(=O)n3ccccc3n2)CC1. The van der Waals surface area contributed by atoms with E-state index in [1.165, 1.54) is 25.9 Å². The van der Waals surface area contributed by atoms with Gasteiger partial charge >= 0.3 is 0 Å². The zero-order chi connectivity index (χ0) is 14.7. The van der Waals surface area contributed by atoms with E-state index in [0.29, 0.717) is 12.2 Å². The van der Waals surface area contributed by atoms with Crippen LogP contribution in [0, 0.1) is 5.92 Å². The molecule has 0 aliphatic carbocycles. The third-order valence-corrected chi connectivity index (χ3v) is 4.20. The molecule has 0 radical (unpaired) electrons. The molecule has 0 saturated carbocycles. The van der Waals surface area contributed by atoms with Gasteiger partial charge in [0.25, 0.3) is 5.56 Å². The summed E-state index contributed by atoms with van der Waals surface area (Å²) in [7, 11) is 2.18. The number of fused-ring (bicyclic) bond motifs is 1. The molecule has 0 atom stereocenters. The molecule has 21 heavy (non-hydrogen) atoms. The predicted octanol–water partition coefficient (Wildman–Crippen LogP) is 1.13. The normalized spacial score (nSPS) is 17.4. The summed E-state index contributed by atoms with van der Waals surface area (Å²) in [6, 6.07) is 7.22. The third-order valence-electron chi connectivity index (χ3n) is 4.20. The van der Waals surface area contributed by atoms with E-state index in [2.05, 4.69) is 22.2 Å². The molecule has 2 aromatic heterocycles. The lowest BCUT2D eigenvalue weighted by molar-refractivity contribution is 0.216. The number of rotatable bonds is 4. The molecule has 1 saturated heterocycles. The number of likely N-dealkylation sites (tertiary alicyclic amines) is 1. The number of hydrogen-bond donors (Lipinski definition) is 1. The minimum atomic E-state index is -0.0170. The second-order valence-corrected chi connectivity index (χ2v) is 5.89. The van der Waals surface area contributed by atoms with Gasteiger partial charge in [0, 0.05) is 18.8 Å². The van der Waals surface area contributed by atoms with Gasteiger partial charge in [0.1, 0.15) is 5.65 Å². The second-order valence-electron chi connectivity index (χ2n) is 5.89. The molecule has 1 N–H and O–H groups in total. The van der Waals surface area contributed by atoms with Crippen molar-refractivity contribution in [2.45, 2.75) is 19.4 Å². The highest BCUT2D eigenvalue weighted by molar-refractivity contribution is 5.37. The summed E-state index contributed by atoms with van der Waals surface area (Å²) in [6.07, 6.45) is 4.25. The molecule has 1 fully saturated rings. The Kier molecular flexibility index (Phi) is 4.31. The maximum absolute atomic E-state index is 12.0. The molecule has 0 aromatic carbocycles. The van der Waals surface area contributed by atoms with E-state index in [0.717, 1.165) is 18.2 Å². The molecule has 0 amide bonds. The van der Waals surface area contributed by atoms with E-state index < -0.39 is 0 Å². The zero-order valence-corrected chi connectivity index (χ0v) is 12.5. The first-order valence-electron chi connectivity index (χ1n) is 7.59. The maximum atomic E-state index is 12.0. The first-order chi connectivity index (χ1) is 10.2. The van der Waals surface area contributed by atoms with Crippen LogP contribution in [0.5, 0.6) is 0 Å². The number of nitrogens with one attached hydrogen (secondary N) is 1. The lowest BCUT2D eigenvalue weighted by atomic mass is 9.97. The van der Waals surface area contributed by atoms with Crippen LogP contribution in [-0.2, 0) is 6.54 Å². The predicted molar refractivity (Wildman–Crippen MR) is 83.4 cm³/mol. The largest absolute Gasteiger partial charge is 0.311 e. The Labute approximate surface area is 124 Å². The second kappa shape index (κ2) is 6.37. The summed E-state index contributed by atoms with van der Waals surface area (Å²) in [5.74, 6) is 0.739. The van der Waals surface area contributed by atoms with Crippen molar-refractivity contribution in [2.24, 2.45) is 5.92 Å². The number of hydrogen-bond acceptors (Lipinski definition) is 4. The van der Waals surface area contributed by atoms with Crippen LogP contribution < -0.4 is 10.9 Å². The van der Waals surface area contributed by atoms with E-state index in [1.807, 2.05) is 18.2 Å². The van der Waals surface area contributed by atoms with Crippen molar-refractivity contribution in [2.75, 3.05) is 26.7 Å². The Morgan fingerprint density at radius 2 is 2.14 bits per heavy atom. The molecule has 0 unspecified atom stereocenters. The van der Waals surface area contributed by atoms with Crippen LogP contribution in [0.1, 0.15) is 18.5 Å². The van der Waals surface area contributed by atoms with Crippen molar-refractivity contribution in [3.63, 3.8) is 0 Å². The molecule has 112 valence electrons. The number of piperidine rings is 1. The van der Waals surface area contributed by atoms with Crippen molar-refractivity contribution < 1.29 is 0 Å². The van der Waals surface area contributed by atoms with Gasteiger partial charge in [-0.15, -0.1) is 0 Å². The topological polar surface area (TPSA) is 49.6 Å². The van der Waals surface area contributed by atoms with Gasteiger partial charge in [0.15, 0.2) is 0 Å². The molecule has 1 aliphatic heterocycles. The fraction of sp³-hybridized carbons (Fsp3) is 0.500. The minimum absolute atomic E-state index is 0.0170. The Balaban J connectivity index is 1.59. The Hall–Kier alpha value is -1.72. The van der Waals surface area contributed by atoms with Gasteiger partial charge in [-0.25, -0.2) is 4.98 Å². The summed E-state index contributed by atoms with van der Waals surface area (Å²) in [5.41, 5.74) is 1.51. The van der Waals surface area contributed by atoms with Gasteiger partial charge in [-0.3, -0.25) is 9.20 Å². The molecule has 3 heterocycles. The van der Waals surface area contributed by atoms with E-state index in [1.54, 1.807) is 16.7 Å². The molecule has 0 bridgehead atoms. The van der Waals surface area contributed by atoms with E-state index in [-0.39, 0.29) is 5.56 Å². The summed E-state index contributed by atoms with van der Waals surface area (Å²) >= 11 is 0. The summed E-state index contributed by atoms with van der Waals surface area (Å²) in [5, 5.41) is 3.45. The van der Waals surface area contributed by atoms with E-state index >= 15 is 0 Å². The van der Waals surface area contributed by atoms with Crippen molar-refractivity contribution in [3.8, 4) is 0 Å². The molecule has 5 nitrogen and oxygen atoms in total. The van der Waals surface area contributed by atoms with Crippen LogP contribution in [-0.4, -0.2) is 41.0 Å². The summed E-state index contributed by atoms with van der Waals surface area (Å²) < 4.78 is 1.57. The first kappa shape index (κ1) is 14.2. The van der Waals surface area contributed by atoms with Gasteiger partial charge < -0.3 is 10.2 Å². The Morgan fingerprint density at radius 3 is 2.95 bits per heavy atom. The molecule has 3 rings (SSSR count). The standard InChI is InChI=1S/C16H22N4O/c1-19-8-5-13(6-9-19)11-17-12-14-10-16(21)20-7-3-2-4-15(20)18-14/h2-4,7,10,13,17H,5-6,8-9,11-12H2,1H3. The summed E-state index contributed by atoms with van der Waals surface area (Å²) in [6.45, 7) is 4.03. The Morgan fingerprint density at radius 1 is 1.33 bits per heavy atom. The smallest absolute Gasteiger partial charge is 0.258 e. The molecule has 2 aromatic rings. The number of nitrogens with zero attached hydrogens (tertiary/aromatic N) is 3. The van der Waals surface area contributed by atoms with Crippen LogP contribution in [0.3, 0.4) is 0 Å². The van der Waals surface area contributed by atoms with Crippen LogP contribution in [0.15, 0.2) is 35.3 Å². The maximum Gasteiger partial charge on any atom is 0.258 e. The number of pyridine rings is 1. The first-order valence-corrected chi connectivity index (χ1v) is 7.59. The average Bonchev–Trinajstić information content (AvgIpc) is 2.49. The highest BCUT2D eigenvalue weighted by atomic mass is 16.1. The van der Waals surface area contributed by atoms with E-state index in [4.69, 9.17) is 0 Å². The van der Waals surface area contributed by atoms with Gasteiger partial charge in [0.2, 0.25) is 0 Å². The average molecular weight is 286 g/mol. The van der Waals surface area contributed by atoms with Crippen molar-refractivity contribution in [3.05, 3.63) is 46.5 Å². The highest BCUT2D eigenvalue weighted by Gasteiger charge is 2.16. The quantitative estimate of drug-likeness (QED) is 0.915. The molecular formula is C16H22N4O. The Bertz CT molecular complexity index is 659. The lowest BCUT2D eigenvalue weighted by Gasteiger charge is -2.29. The molecule has 5 heteroatoms. The third kappa shape index (κ3) is 3.49. The number of aromatic nitrogens is 2. The van der Waals surface area contributed by atoms with Crippen LogP contribution in [0.25, 0.3) is 5.65 Å². The lowest BCUT2D eigenvalue weighted by Crippen LogP contribution is -2.35. The van der Waals surface area contributed by atoms with Gasteiger partial charge in [-0.05, 0) is 57.6 Å². The fourth-order valence-corrected chi connectivity index (χ4v) is 2.86. The van der Waals surface area contributed by atoms with Crippen molar-refractivity contribution in [1.29, 1.82) is 0 Å². The fourth-order valence-electron chi connectivity index (χ4n) is 2.86. The molecular weight excluding hydrogens is 264 g/mol. The van der Waals surface area contributed by atoms with Gasteiger partial charge in [-0.1, -0.05) is 6.07 Å². The molecule has 1 aliphatic rings. The van der Waals surface area contributed by atoms with Crippen molar-refractivity contribution in [1.82, 2.24) is 19.6 Å². The summed E-state index contributed by atoms with van der Waals surface area (Å²) in [4.78, 5) is 18.9. The van der Waals surface area contributed by atoms with Crippen LogP contribution in [0.4, 0.5) is 0 Å². The van der Waals surface area contributed by atoms with E-state index in [9.17, 15) is 4.79 Å². The minimum Gasteiger partial charge on any atom is -0.311 e. The zero-order valence-electron chi connectivity index (χ0n) is 12.5. The van der Waals surface area contributed by atoms with Gasteiger partial charge in [0.05, 0.1) is 5.69 Å². The highest BCUT2D eigenvalue weighted by Crippen LogP contribution is 2.14. The van der Waals surface area contributed by atoms with Crippen molar-refractivity contribution >= 4 is 5.65 Å². The van der Waals surface area contributed by atoms with Gasteiger partial charge in [-0.2, -0.15) is 0 Å². The van der Waals surface area contributed by atoms with Crippen LogP contribution >= 0.6 is 0 Å². The molecule has 0 spiro atoms. The van der Waals surface area contributed by atoms with Crippen LogP contribution in [0.2, 0.25) is 0 Å².